The van der Waals surface area contributed by atoms with Crippen LogP contribution in [0, 0.1) is 11.8 Å². The van der Waals surface area contributed by atoms with E-state index in [1.54, 1.807) is 0 Å². The third kappa shape index (κ3) is 51.3. The van der Waals surface area contributed by atoms with Gasteiger partial charge in [0.15, 0.2) is 6.10 Å². The average Bonchev–Trinajstić information content (AvgIpc) is 3.25. The highest BCUT2D eigenvalue weighted by atomic mass is 16.6. The van der Waals surface area contributed by atoms with Gasteiger partial charge in [-0.15, -0.1) is 0 Å². The number of rotatable bonds is 51. The minimum Gasteiger partial charge on any atom is -0.462 e. The van der Waals surface area contributed by atoms with E-state index >= 15 is 0 Å². The molecule has 0 rings (SSSR count). The Morgan fingerprint density at radius 3 is 0.778 bits per heavy atom. The number of carbonyl (C=O) groups is 3. The molecule has 0 fully saturated rings. The van der Waals surface area contributed by atoms with Gasteiger partial charge in [-0.3, -0.25) is 14.4 Å². The Hall–Kier alpha value is -1.59. The van der Waals surface area contributed by atoms with Gasteiger partial charge >= 0.3 is 17.9 Å². The largest absolute Gasteiger partial charge is 0.462 e. The van der Waals surface area contributed by atoms with Crippen LogP contribution < -0.4 is 0 Å². The van der Waals surface area contributed by atoms with E-state index in [4.69, 9.17) is 14.2 Å². The summed E-state index contributed by atoms with van der Waals surface area (Å²) in [6.07, 6.45) is 52.6. The predicted molar refractivity (Wildman–Crippen MR) is 270 cm³/mol. The smallest absolute Gasteiger partial charge is 0.306 e. The summed E-state index contributed by atoms with van der Waals surface area (Å²) in [6.45, 7) is 11.3. The Labute approximate surface area is 393 Å². The zero-order chi connectivity index (χ0) is 46.1. The van der Waals surface area contributed by atoms with Crippen LogP contribution in [0.2, 0.25) is 0 Å². The maximum atomic E-state index is 12.8. The molecule has 6 heteroatoms. The van der Waals surface area contributed by atoms with Gasteiger partial charge in [0.05, 0.1) is 0 Å². The Bertz CT molecular complexity index is 962. The molecular formula is C57H110O6. The Morgan fingerprint density at radius 1 is 0.302 bits per heavy atom. The van der Waals surface area contributed by atoms with E-state index < -0.39 is 6.10 Å². The van der Waals surface area contributed by atoms with Gasteiger partial charge in [0, 0.05) is 19.3 Å². The molecule has 0 unspecified atom stereocenters. The Kier molecular flexibility index (Phi) is 48.6. The molecule has 0 radical (unpaired) electrons. The van der Waals surface area contributed by atoms with Crippen LogP contribution in [0.4, 0.5) is 0 Å². The minimum absolute atomic E-state index is 0.0637. The third-order valence-electron chi connectivity index (χ3n) is 13.0. The fourth-order valence-corrected chi connectivity index (χ4v) is 8.70. The molecule has 0 heterocycles. The van der Waals surface area contributed by atoms with Gasteiger partial charge in [0.2, 0.25) is 0 Å². The molecule has 1 atom stereocenters. The maximum absolute atomic E-state index is 12.8. The molecule has 0 aromatic rings. The number of hydrogen-bond acceptors (Lipinski definition) is 6. The number of esters is 3. The van der Waals surface area contributed by atoms with E-state index in [0.717, 1.165) is 69.6 Å². The topological polar surface area (TPSA) is 78.9 Å². The summed E-state index contributed by atoms with van der Waals surface area (Å²) in [5.74, 6) is 0.775. The van der Waals surface area contributed by atoms with E-state index in [1.807, 2.05) is 0 Å². The van der Waals surface area contributed by atoms with E-state index in [9.17, 15) is 14.4 Å². The lowest BCUT2D eigenvalue weighted by molar-refractivity contribution is -0.167. The number of carbonyl (C=O) groups excluding carboxylic acids is 3. The first-order valence-electron chi connectivity index (χ1n) is 28.2. The summed E-state index contributed by atoms with van der Waals surface area (Å²) >= 11 is 0. The lowest BCUT2D eigenvalue weighted by Gasteiger charge is -2.18. The molecule has 0 aliphatic carbocycles. The van der Waals surface area contributed by atoms with Crippen molar-refractivity contribution in [3.05, 3.63) is 0 Å². The van der Waals surface area contributed by atoms with Crippen molar-refractivity contribution >= 4 is 17.9 Å². The first kappa shape index (κ1) is 61.4. The second-order valence-corrected chi connectivity index (χ2v) is 20.5. The van der Waals surface area contributed by atoms with Crippen LogP contribution in [0.1, 0.15) is 317 Å². The second-order valence-electron chi connectivity index (χ2n) is 20.5. The first-order valence-corrected chi connectivity index (χ1v) is 28.2. The molecule has 0 spiro atoms. The predicted octanol–water partition coefficient (Wildman–Crippen LogP) is 18.5. The standard InChI is InChI=1S/C57H110O6/c1-6-7-8-9-10-11-12-13-18-23-26-29-32-39-44-49-57(60)63-54(51-62-56(59)48-43-38-34-33-36-41-46-53(4)5)50-61-55(58)47-42-37-31-28-25-22-20-17-15-14-16-19-21-24-27-30-35-40-45-52(2)3/h52-54H,6-51H2,1-5H3/t54-/m1/s1. The first-order chi connectivity index (χ1) is 30.7. The molecule has 0 aliphatic rings. The van der Waals surface area contributed by atoms with Crippen molar-refractivity contribution < 1.29 is 28.6 Å². The fourth-order valence-electron chi connectivity index (χ4n) is 8.70. The van der Waals surface area contributed by atoms with E-state index in [2.05, 4.69) is 34.6 Å². The van der Waals surface area contributed by atoms with Gasteiger partial charge in [0.25, 0.3) is 0 Å². The molecule has 0 saturated heterocycles. The summed E-state index contributed by atoms with van der Waals surface area (Å²) in [4.78, 5) is 38.0. The van der Waals surface area contributed by atoms with Crippen molar-refractivity contribution in [3.63, 3.8) is 0 Å². The van der Waals surface area contributed by atoms with Crippen LogP contribution in [0.25, 0.3) is 0 Å². The van der Waals surface area contributed by atoms with Crippen LogP contribution in [0.3, 0.4) is 0 Å². The van der Waals surface area contributed by atoms with Gasteiger partial charge in [-0.2, -0.15) is 0 Å². The average molecular weight is 892 g/mol. The van der Waals surface area contributed by atoms with Crippen molar-refractivity contribution in [2.45, 2.75) is 323 Å². The number of ether oxygens (including phenoxy) is 3. The molecule has 0 N–H and O–H groups in total. The second kappa shape index (κ2) is 49.8. The van der Waals surface area contributed by atoms with Gasteiger partial charge < -0.3 is 14.2 Å². The summed E-state index contributed by atoms with van der Waals surface area (Å²) < 4.78 is 16.8. The molecular weight excluding hydrogens is 781 g/mol. The molecule has 0 amide bonds. The highest BCUT2D eigenvalue weighted by Gasteiger charge is 2.19. The molecule has 0 bridgehead atoms. The third-order valence-corrected chi connectivity index (χ3v) is 13.0. The highest BCUT2D eigenvalue weighted by molar-refractivity contribution is 5.71. The quantitative estimate of drug-likeness (QED) is 0.0344. The van der Waals surface area contributed by atoms with Crippen molar-refractivity contribution in [1.82, 2.24) is 0 Å². The molecule has 0 aliphatic heterocycles. The van der Waals surface area contributed by atoms with Crippen LogP contribution in [-0.4, -0.2) is 37.2 Å². The molecule has 0 aromatic heterocycles. The summed E-state index contributed by atoms with van der Waals surface area (Å²) in [5.41, 5.74) is 0. The van der Waals surface area contributed by atoms with Gasteiger partial charge in [-0.1, -0.05) is 279 Å². The summed E-state index contributed by atoms with van der Waals surface area (Å²) in [7, 11) is 0. The van der Waals surface area contributed by atoms with E-state index in [0.29, 0.717) is 19.3 Å². The lowest BCUT2D eigenvalue weighted by Crippen LogP contribution is -2.30. The van der Waals surface area contributed by atoms with Gasteiger partial charge in [-0.25, -0.2) is 0 Å². The van der Waals surface area contributed by atoms with E-state index in [1.165, 1.54) is 205 Å². The van der Waals surface area contributed by atoms with Gasteiger partial charge in [0.1, 0.15) is 13.2 Å². The van der Waals surface area contributed by atoms with Crippen LogP contribution >= 0.6 is 0 Å². The lowest BCUT2D eigenvalue weighted by atomic mass is 10.0. The SMILES string of the molecule is CCCCCCCCCCCCCCCCCC(=O)O[C@H](COC(=O)CCCCCCCCCCCCCCCCCCCCC(C)C)COC(=O)CCCCCCCCC(C)C. The monoisotopic (exact) mass is 891 g/mol. The van der Waals surface area contributed by atoms with Crippen molar-refractivity contribution in [1.29, 1.82) is 0 Å². The van der Waals surface area contributed by atoms with Crippen molar-refractivity contribution in [2.24, 2.45) is 11.8 Å². The Morgan fingerprint density at radius 2 is 0.524 bits per heavy atom. The molecule has 6 nitrogen and oxygen atoms in total. The van der Waals surface area contributed by atoms with Crippen molar-refractivity contribution in [2.75, 3.05) is 13.2 Å². The Balaban J connectivity index is 4.18. The zero-order valence-electron chi connectivity index (χ0n) is 43.2. The normalized spacial score (nSPS) is 12.0. The minimum atomic E-state index is -0.762. The summed E-state index contributed by atoms with van der Waals surface area (Å²) in [6, 6.07) is 0. The molecule has 374 valence electrons. The highest BCUT2D eigenvalue weighted by Crippen LogP contribution is 2.18. The van der Waals surface area contributed by atoms with Crippen LogP contribution in [0.15, 0.2) is 0 Å². The molecule has 63 heavy (non-hydrogen) atoms. The fraction of sp³-hybridized carbons (Fsp3) is 0.947. The number of hydrogen-bond donors (Lipinski definition) is 0. The molecule has 0 aromatic carbocycles. The van der Waals surface area contributed by atoms with Crippen LogP contribution in [0.5, 0.6) is 0 Å². The summed E-state index contributed by atoms with van der Waals surface area (Å²) in [5, 5.41) is 0. The van der Waals surface area contributed by atoms with Gasteiger partial charge in [-0.05, 0) is 31.1 Å². The zero-order valence-corrected chi connectivity index (χ0v) is 43.2. The van der Waals surface area contributed by atoms with E-state index in [-0.39, 0.29) is 31.1 Å². The molecule has 0 saturated carbocycles. The maximum Gasteiger partial charge on any atom is 0.306 e. The number of unbranched alkanes of at least 4 members (excludes halogenated alkanes) is 36. The van der Waals surface area contributed by atoms with Crippen LogP contribution in [-0.2, 0) is 28.6 Å². The van der Waals surface area contributed by atoms with Crippen molar-refractivity contribution in [3.8, 4) is 0 Å².